The van der Waals surface area contributed by atoms with Crippen LogP contribution in [0.1, 0.15) is 53.4 Å². The second kappa shape index (κ2) is 5.89. The fourth-order valence-corrected chi connectivity index (χ4v) is 2.14. The predicted molar refractivity (Wildman–Crippen MR) is 70.0 cm³/mol. The van der Waals surface area contributed by atoms with Crippen LogP contribution in [-0.4, -0.2) is 32.2 Å². The van der Waals surface area contributed by atoms with Crippen molar-refractivity contribution in [2.45, 2.75) is 53.4 Å². The van der Waals surface area contributed by atoms with E-state index in [4.69, 9.17) is 0 Å². The smallest absolute Gasteiger partial charge is 0.0785 e. The van der Waals surface area contributed by atoms with Gasteiger partial charge in [-0.15, -0.1) is 0 Å². The van der Waals surface area contributed by atoms with E-state index < -0.39 is 0 Å². The first-order valence-corrected chi connectivity index (χ1v) is 6.55. The highest BCUT2D eigenvalue weighted by Crippen LogP contribution is 2.37. The Labute approximate surface area is 97.5 Å². The highest BCUT2D eigenvalue weighted by Gasteiger charge is 2.30. The van der Waals surface area contributed by atoms with Gasteiger partial charge in [-0.05, 0) is 11.3 Å². The average Bonchev–Trinajstić information content (AvgIpc) is 2.13. The van der Waals surface area contributed by atoms with Gasteiger partial charge < -0.3 is 4.48 Å². The Morgan fingerprint density at radius 2 is 1.67 bits per heavy atom. The van der Waals surface area contributed by atoms with Gasteiger partial charge in [0, 0.05) is 6.42 Å². The summed E-state index contributed by atoms with van der Waals surface area (Å²) in [6.07, 6.45) is 5.37. The third-order valence-electron chi connectivity index (χ3n) is 4.07. The summed E-state index contributed by atoms with van der Waals surface area (Å²) in [5.74, 6) is 0.860. The normalized spacial score (nSPS) is 18.6. The van der Waals surface area contributed by atoms with E-state index in [0.717, 1.165) is 10.4 Å². The van der Waals surface area contributed by atoms with Crippen molar-refractivity contribution in [1.29, 1.82) is 0 Å². The minimum atomic E-state index is 0.543. The Balaban J connectivity index is 4.30. The van der Waals surface area contributed by atoms with Crippen LogP contribution in [0.15, 0.2) is 0 Å². The zero-order valence-corrected chi connectivity index (χ0v) is 12.1. The molecule has 0 N–H and O–H groups in total. The molecule has 0 radical (unpaired) electrons. The lowest BCUT2D eigenvalue weighted by Crippen LogP contribution is -2.39. The maximum absolute atomic E-state index is 2.48. The number of hydrogen-bond acceptors (Lipinski definition) is 0. The lowest BCUT2D eigenvalue weighted by Gasteiger charge is -2.37. The summed E-state index contributed by atoms with van der Waals surface area (Å²) in [5.41, 5.74) is 0.543. The molecule has 1 heteroatoms. The molecule has 0 aromatic rings. The molecule has 0 aromatic carbocycles. The Bertz CT molecular complexity index is 169. The summed E-state index contributed by atoms with van der Waals surface area (Å²) in [7, 11) is 6.88. The van der Waals surface area contributed by atoms with Crippen molar-refractivity contribution in [1.82, 2.24) is 0 Å². The SMILES string of the molecule is CCCC(C)C(C)(CC)CC[N+](C)(C)C. The second-order valence-corrected chi connectivity index (χ2v) is 6.46. The van der Waals surface area contributed by atoms with Crippen molar-refractivity contribution in [2.24, 2.45) is 11.3 Å². The van der Waals surface area contributed by atoms with E-state index in [1.165, 1.54) is 32.2 Å². The van der Waals surface area contributed by atoms with Gasteiger partial charge in [-0.1, -0.05) is 47.0 Å². The summed E-state index contributed by atoms with van der Waals surface area (Å²) >= 11 is 0. The van der Waals surface area contributed by atoms with Crippen molar-refractivity contribution >= 4 is 0 Å². The van der Waals surface area contributed by atoms with Crippen LogP contribution in [0, 0.1) is 11.3 Å². The lowest BCUT2D eigenvalue weighted by molar-refractivity contribution is -0.871. The Morgan fingerprint density at radius 1 is 1.13 bits per heavy atom. The molecule has 2 atom stereocenters. The number of rotatable bonds is 7. The molecule has 15 heavy (non-hydrogen) atoms. The summed E-state index contributed by atoms with van der Waals surface area (Å²) in [6.45, 7) is 10.8. The minimum Gasteiger partial charge on any atom is -0.331 e. The molecular formula is C14H32N+. The lowest BCUT2D eigenvalue weighted by atomic mass is 9.71. The highest BCUT2D eigenvalue weighted by atomic mass is 15.3. The molecule has 0 aliphatic carbocycles. The first kappa shape index (κ1) is 15.0. The van der Waals surface area contributed by atoms with Gasteiger partial charge in [0.2, 0.25) is 0 Å². The molecule has 0 saturated carbocycles. The third kappa shape index (κ3) is 5.55. The van der Waals surface area contributed by atoms with E-state index in [0.29, 0.717) is 5.41 Å². The van der Waals surface area contributed by atoms with Crippen molar-refractivity contribution in [3.63, 3.8) is 0 Å². The van der Waals surface area contributed by atoms with Crippen molar-refractivity contribution in [3.05, 3.63) is 0 Å². The van der Waals surface area contributed by atoms with Crippen LogP contribution in [0.4, 0.5) is 0 Å². The van der Waals surface area contributed by atoms with E-state index in [1.807, 2.05) is 0 Å². The monoisotopic (exact) mass is 214 g/mol. The van der Waals surface area contributed by atoms with Crippen molar-refractivity contribution < 1.29 is 4.48 Å². The van der Waals surface area contributed by atoms with E-state index >= 15 is 0 Å². The molecule has 0 rings (SSSR count). The van der Waals surface area contributed by atoms with Crippen LogP contribution in [0.2, 0.25) is 0 Å². The van der Waals surface area contributed by atoms with Gasteiger partial charge in [-0.3, -0.25) is 0 Å². The Kier molecular flexibility index (Phi) is 5.87. The molecule has 0 saturated heterocycles. The predicted octanol–water partition coefficient (Wildman–Crippen LogP) is 3.94. The van der Waals surface area contributed by atoms with E-state index in [9.17, 15) is 0 Å². The molecule has 1 nitrogen and oxygen atoms in total. The summed E-state index contributed by atoms with van der Waals surface area (Å²) < 4.78 is 1.09. The molecule has 0 heterocycles. The van der Waals surface area contributed by atoms with Gasteiger partial charge in [0.05, 0.1) is 27.7 Å². The number of quaternary nitrogens is 1. The minimum absolute atomic E-state index is 0.543. The van der Waals surface area contributed by atoms with Gasteiger partial charge in [-0.25, -0.2) is 0 Å². The van der Waals surface area contributed by atoms with Gasteiger partial charge in [0.25, 0.3) is 0 Å². The van der Waals surface area contributed by atoms with E-state index in [2.05, 4.69) is 48.8 Å². The summed E-state index contributed by atoms with van der Waals surface area (Å²) in [5, 5.41) is 0. The quantitative estimate of drug-likeness (QED) is 0.563. The Hall–Kier alpha value is -0.0400. The molecule has 0 aliphatic heterocycles. The molecule has 2 unspecified atom stereocenters. The summed E-state index contributed by atoms with van der Waals surface area (Å²) in [6, 6.07) is 0. The van der Waals surface area contributed by atoms with Crippen LogP contribution in [0.5, 0.6) is 0 Å². The number of nitrogens with zero attached hydrogens (tertiary/aromatic N) is 1. The second-order valence-electron chi connectivity index (χ2n) is 6.46. The Morgan fingerprint density at radius 3 is 2.00 bits per heavy atom. The van der Waals surface area contributed by atoms with Crippen molar-refractivity contribution in [3.8, 4) is 0 Å². The first-order valence-electron chi connectivity index (χ1n) is 6.55. The van der Waals surface area contributed by atoms with Gasteiger partial charge in [-0.2, -0.15) is 0 Å². The highest BCUT2D eigenvalue weighted by molar-refractivity contribution is 4.78. The summed E-state index contributed by atoms with van der Waals surface area (Å²) in [4.78, 5) is 0. The third-order valence-corrected chi connectivity index (χ3v) is 4.07. The standard InChI is InChI=1S/C14H32N/c1-8-10-13(3)14(4,9-2)11-12-15(5,6)7/h13H,8-12H2,1-7H3/q+1. The van der Waals surface area contributed by atoms with Crippen LogP contribution in [-0.2, 0) is 0 Å². The van der Waals surface area contributed by atoms with Gasteiger partial charge in [0.15, 0.2) is 0 Å². The topological polar surface area (TPSA) is 0 Å². The fourth-order valence-electron chi connectivity index (χ4n) is 2.14. The van der Waals surface area contributed by atoms with E-state index in [-0.39, 0.29) is 0 Å². The molecule has 0 spiro atoms. The van der Waals surface area contributed by atoms with E-state index in [1.54, 1.807) is 0 Å². The molecule has 0 fully saturated rings. The maximum atomic E-state index is 2.48. The fraction of sp³-hybridized carbons (Fsp3) is 1.00. The molecule has 92 valence electrons. The van der Waals surface area contributed by atoms with Crippen LogP contribution in [0.3, 0.4) is 0 Å². The molecule has 0 bridgehead atoms. The van der Waals surface area contributed by atoms with Crippen LogP contribution < -0.4 is 0 Å². The first-order chi connectivity index (χ1) is 6.75. The largest absolute Gasteiger partial charge is 0.331 e. The molecular weight excluding hydrogens is 182 g/mol. The molecule has 0 amide bonds. The average molecular weight is 214 g/mol. The van der Waals surface area contributed by atoms with Crippen LogP contribution in [0.25, 0.3) is 0 Å². The van der Waals surface area contributed by atoms with Crippen molar-refractivity contribution in [2.75, 3.05) is 27.7 Å². The maximum Gasteiger partial charge on any atom is 0.0785 e. The zero-order chi connectivity index (χ0) is 12.1. The van der Waals surface area contributed by atoms with Gasteiger partial charge >= 0.3 is 0 Å². The van der Waals surface area contributed by atoms with Gasteiger partial charge in [0.1, 0.15) is 0 Å². The number of hydrogen-bond donors (Lipinski definition) is 0. The van der Waals surface area contributed by atoms with Crippen LogP contribution >= 0.6 is 0 Å². The molecule has 0 aromatic heterocycles. The zero-order valence-electron chi connectivity index (χ0n) is 12.1. The molecule has 0 aliphatic rings.